The van der Waals surface area contributed by atoms with Gasteiger partial charge < -0.3 is 24.4 Å². The molecule has 2 aromatic carbocycles. The number of rotatable bonds is 14. The Hall–Kier alpha value is -2.26. The number of amides is 1. The third-order valence-corrected chi connectivity index (χ3v) is 6.94. The van der Waals surface area contributed by atoms with Gasteiger partial charge in [0.2, 0.25) is 0 Å². The van der Waals surface area contributed by atoms with Gasteiger partial charge in [0.15, 0.2) is 11.5 Å². The number of benzene rings is 2. The van der Waals surface area contributed by atoms with Crippen LogP contribution in [0.25, 0.3) is 0 Å². The summed E-state index contributed by atoms with van der Waals surface area (Å²) < 4.78 is 19.5. The van der Waals surface area contributed by atoms with Crippen molar-refractivity contribution >= 4 is 17.9 Å². The van der Waals surface area contributed by atoms with Crippen LogP contribution in [0.2, 0.25) is 0 Å². The van der Waals surface area contributed by atoms with E-state index in [9.17, 15) is 4.79 Å². The Bertz CT molecular complexity index is 892. The first-order chi connectivity index (χ1) is 18.0. The maximum absolute atomic E-state index is 12.6. The van der Waals surface area contributed by atoms with E-state index in [1.165, 1.54) is 12.0 Å². The van der Waals surface area contributed by atoms with Crippen molar-refractivity contribution in [3.05, 3.63) is 59.7 Å². The zero-order chi connectivity index (χ0) is 26.9. The molecular weight excluding hydrogens is 486 g/mol. The highest BCUT2D eigenvalue weighted by atomic mass is 32.2. The predicted molar refractivity (Wildman–Crippen MR) is 154 cm³/mol. The topological polar surface area (TPSA) is 72.1 Å². The van der Waals surface area contributed by atoms with E-state index in [2.05, 4.69) is 40.4 Å². The van der Waals surface area contributed by atoms with Crippen LogP contribution in [0.15, 0.2) is 48.5 Å². The molecule has 37 heavy (non-hydrogen) atoms. The molecule has 7 nitrogen and oxygen atoms in total. The van der Waals surface area contributed by atoms with Crippen molar-refractivity contribution < 1.29 is 19.0 Å². The quantitative estimate of drug-likeness (QED) is 0.268. The van der Waals surface area contributed by atoms with Crippen LogP contribution in [0.1, 0.15) is 49.5 Å². The minimum Gasteiger partial charge on any atom is -0.493 e. The van der Waals surface area contributed by atoms with Crippen LogP contribution >= 0.6 is 11.9 Å². The molecule has 1 saturated heterocycles. The van der Waals surface area contributed by atoms with Gasteiger partial charge in [0.25, 0.3) is 5.91 Å². The van der Waals surface area contributed by atoms with E-state index in [1.54, 1.807) is 32.4 Å². The zero-order valence-electron chi connectivity index (χ0n) is 23.1. The number of ether oxygens (including phenoxy) is 3. The summed E-state index contributed by atoms with van der Waals surface area (Å²) in [6, 6.07) is 16.8. The minimum absolute atomic E-state index is 0.00175. The van der Waals surface area contributed by atoms with Gasteiger partial charge in [-0.15, -0.1) is 0 Å². The fourth-order valence-electron chi connectivity index (χ4n) is 3.96. The van der Waals surface area contributed by atoms with E-state index < -0.39 is 0 Å². The van der Waals surface area contributed by atoms with Crippen molar-refractivity contribution in [2.45, 2.75) is 52.1 Å². The van der Waals surface area contributed by atoms with Crippen LogP contribution < -0.4 is 19.5 Å². The van der Waals surface area contributed by atoms with Gasteiger partial charge in [-0.25, -0.2) is 0 Å². The third kappa shape index (κ3) is 11.3. The number of carbonyl (C=O) groups excluding carboxylic acids is 1. The second-order valence-corrected chi connectivity index (χ2v) is 10.1. The number of aryl methyl sites for hydroxylation is 1. The van der Waals surface area contributed by atoms with Crippen molar-refractivity contribution in [2.24, 2.45) is 0 Å². The summed E-state index contributed by atoms with van der Waals surface area (Å²) in [5.41, 5.74) is 2.04. The molecule has 0 aromatic heterocycles. The molecule has 1 amide bonds. The highest BCUT2D eigenvalue weighted by molar-refractivity contribution is 7.97. The Morgan fingerprint density at radius 1 is 1.14 bits per heavy atom. The molecule has 0 saturated carbocycles. The first-order valence-corrected chi connectivity index (χ1v) is 14.2. The van der Waals surface area contributed by atoms with E-state index in [-0.39, 0.29) is 11.9 Å². The van der Waals surface area contributed by atoms with Gasteiger partial charge in [-0.1, -0.05) is 42.3 Å². The molecule has 1 heterocycles. The van der Waals surface area contributed by atoms with Crippen LogP contribution in [-0.2, 0) is 11.2 Å². The first-order valence-electron chi connectivity index (χ1n) is 13.2. The maximum Gasteiger partial charge on any atom is 0.254 e. The standard InChI is InChI=1S/C17H27NO4.C12H18N2S/c1-6-18(13(2)3)17(19)14-8-9-15(21-5)16(12-14)22-11-7-10-20-4;1-2-4-11(5-3-1)7-9-15-14-12-6-8-13-10-12/h8-9,12-13H,6-7,10-11H2,1-5H3;1-5,12-14H,6-10H2. The highest BCUT2D eigenvalue weighted by Crippen LogP contribution is 2.29. The van der Waals surface area contributed by atoms with Crippen LogP contribution in [0, 0.1) is 0 Å². The minimum atomic E-state index is 0.00175. The lowest BCUT2D eigenvalue weighted by Gasteiger charge is -2.25. The summed E-state index contributed by atoms with van der Waals surface area (Å²) in [7, 11) is 3.25. The molecule has 206 valence electrons. The lowest BCUT2D eigenvalue weighted by atomic mass is 10.1. The van der Waals surface area contributed by atoms with Crippen molar-refractivity contribution in [3.8, 4) is 11.5 Å². The zero-order valence-corrected chi connectivity index (χ0v) is 23.9. The number of nitrogens with one attached hydrogen (secondary N) is 2. The highest BCUT2D eigenvalue weighted by Gasteiger charge is 2.19. The molecule has 1 atom stereocenters. The van der Waals surface area contributed by atoms with Crippen LogP contribution in [0.3, 0.4) is 0 Å². The average Bonchev–Trinajstić information content (AvgIpc) is 3.44. The number of carbonyl (C=O) groups is 1. The van der Waals surface area contributed by atoms with Crippen molar-refractivity contribution in [1.82, 2.24) is 14.9 Å². The SMILES string of the molecule is CCN(C(=O)c1ccc(OC)c(OCCCOC)c1)C(C)C.c1ccc(CCSNC2CCNC2)cc1. The smallest absolute Gasteiger partial charge is 0.254 e. The predicted octanol–water partition coefficient (Wildman–Crippen LogP) is 4.81. The first kappa shape index (κ1) is 31.0. The van der Waals surface area contributed by atoms with Crippen molar-refractivity contribution in [3.63, 3.8) is 0 Å². The Kier molecular flexibility index (Phi) is 15.1. The number of nitrogens with zero attached hydrogens (tertiary/aromatic N) is 1. The molecule has 1 unspecified atom stereocenters. The largest absolute Gasteiger partial charge is 0.493 e. The molecule has 1 fully saturated rings. The van der Waals surface area contributed by atoms with Crippen molar-refractivity contribution in [2.75, 3.05) is 52.8 Å². The summed E-state index contributed by atoms with van der Waals surface area (Å²) in [4.78, 5) is 14.4. The fourth-order valence-corrected chi connectivity index (χ4v) is 4.86. The van der Waals surface area contributed by atoms with Gasteiger partial charge in [0.05, 0.1) is 13.7 Å². The van der Waals surface area contributed by atoms with Gasteiger partial charge >= 0.3 is 0 Å². The monoisotopic (exact) mass is 531 g/mol. The summed E-state index contributed by atoms with van der Waals surface area (Å²) in [6.45, 7) is 10.1. The molecule has 0 spiro atoms. The lowest BCUT2D eigenvalue weighted by molar-refractivity contribution is 0.0716. The molecular formula is C29H45N3O4S. The fraction of sp³-hybridized carbons (Fsp3) is 0.552. The summed E-state index contributed by atoms with van der Waals surface area (Å²) >= 11 is 1.86. The summed E-state index contributed by atoms with van der Waals surface area (Å²) in [5.74, 6) is 2.37. The van der Waals surface area contributed by atoms with E-state index in [1.807, 2.05) is 37.6 Å². The molecule has 2 N–H and O–H groups in total. The molecule has 3 rings (SSSR count). The Morgan fingerprint density at radius 3 is 2.54 bits per heavy atom. The molecule has 1 aliphatic heterocycles. The second-order valence-electron chi connectivity index (χ2n) is 9.14. The molecule has 0 aliphatic carbocycles. The van der Waals surface area contributed by atoms with Gasteiger partial charge in [0.1, 0.15) is 0 Å². The summed E-state index contributed by atoms with van der Waals surface area (Å²) in [6.07, 6.45) is 3.20. The Balaban J connectivity index is 0.000000278. The van der Waals surface area contributed by atoms with Gasteiger partial charge in [-0.2, -0.15) is 0 Å². The van der Waals surface area contributed by atoms with Crippen LogP contribution in [-0.4, -0.2) is 75.7 Å². The molecule has 8 heteroatoms. The Morgan fingerprint density at radius 2 is 1.92 bits per heavy atom. The van der Waals surface area contributed by atoms with Gasteiger partial charge in [-0.3, -0.25) is 9.52 Å². The number of methoxy groups -OCH3 is 2. The van der Waals surface area contributed by atoms with Gasteiger partial charge in [0, 0.05) is 56.6 Å². The lowest BCUT2D eigenvalue weighted by Crippen LogP contribution is -2.36. The van der Waals surface area contributed by atoms with Crippen molar-refractivity contribution in [1.29, 1.82) is 0 Å². The average molecular weight is 532 g/mol. The molecule has 0 bridgehead atoms. The molecule has 1 aliphatic rings. The maximum atomic E-state index is 12.6. The van der Waals surface area contributed by atoms with E-state index in [0.29, 0.717) is 42.9 Å². The second kappa shape index (κ2) is 18.1. The van der Waals surface area contributed by atoms with E-state index in [4.69, 9.17) is 14.2 Å². The number of hydrogen-bond acceptors (Lipinski definition) is 7. The number of hydrogen-bond donors (Lipinski definition) is 2. The van der Waals surface area contributed by atoms with E-state index >= 15 is 0 Å². The van der Waals surface area contributed by atoms with Crippen LogP contribution in [0.5, 0.6) is 11.5 Å². The summed E-state index contributed by atoms with van der Waals surface area (Å²) in [5, 5.41) is 3.36. The van der Waals surface area contributed by atoms with Gasteiger partial charge in [-0.05, 0) is 63.9 Å². The molecule has 2 aromatic rings. The van der Waals surface area contributed by atoms with E-state index in [0.717, 1.165) is 31.7 Å². The molecule has 0 radical (unpaired) electrons. The Labute approximate surface area is 227 Å². The van der Waals surface area contributed by atoms with Crippen LogP contribution in [0.4, 0.5) is 0 Å². The third-order valence-electron chi connectivity index (χ3n) is 6.03. The normalized spacial score (nSPS) is 14.7.